The number of aromatic nitrogens is 4. The van der Waals surface area contributed by atoms with Crippen molar-refractivity contribution < 1.29 is 4.79 Å². The second-order valence-electron chi connectivity index (χ2n) is 7.48. The SMILES string of the molecule is O=C(c1ccccc1)n1c2c(c3ccccc31)-c1nc(Cc3cnc[nH]3)sc1CC2. The highest BCUT2D eigenvalue weighted by Gasteiger charge is 2.29. The summed E-state index contributed by atoms with van der Waals surface area (Å²) in [6.07, 6.45) is 6.03. The van der Waals surface area contributed by atoms with Gasteiger partial charge in [-0.2, -0.15) is 0 Å². The lowest BCUT2D eigenvalue weighted by atomic mass is 9.97. The molecule has 30 heavy (non-hydrogen) atoms. The Kier molecular flexibility index (Phi) is 3.92. The molecule has 5 nitrogen and oxygen atoms in total. The van der Waals surface area contributed by atoms with Crippen LogP contribution in [0.5, 0.6) is 0 Å². The Morgan fingerprint density at radius 1 is 1.07 bits per heavy atom. The molecular formula is C24H18N4OS. The molecule has 0 spiro atoms. The summed E-state index contributed by atoms with van der Waals surface area (Å²) in [4.78, 5) is 27.0. The Morgan fingerprint density at radius 3 is 2.73 bits per heavy atom. The second-order valence-corrected chi connectivity index (χ2v) is 8.65. The van der Waals surface area contributed by atoms with E-state index in [1.54, 1.807) is 17.7 Å². The van der Waals surface area contributed by atoms with Gasteiger partial charge in [0.15, 0.2) is 0 Å². The average molecular weight is 411 g/mol. The van der Waals surface area contributed by atoms with Crippen molar-refractivity contribution in [2.24, 2.45) is 0 Å². The maximum Gasteiger partial charge on any atom is 0.262 e. The fourth-order valence-electron chi connectivity index (χ4n) is 4.35. The molecule has 0 atom stereocenters. The number of carbonyl (C=O) groups excluding carboxylic acids is 1. The Morgan fingerprint density at radius 2 is 1.90 bits per heavy atom. The zero-order chi connectivity index (χ0) is 20.1. The van der Waals surface area contributed by atoms with Crippen LogP contribution in [0.25, 0.3) is 22.2 Å². The fraction of sp³-hybridized carbons (Fsp3) is 0.125. The molecule has 3 aromatic heterocycles. The molecule has 6 rings (SSSR count). The van der Waals surface area contributed by atoms with E-state index in [0.717, 1.165) is 57.8 Å². The van der Waals surface area contributed by atoms with Gasteiger partial charge in [-0.1, -0.05) is 36.4 Å². The van der Waals surface area contributed by atoms with Crippen molar-refractivity contribution in [2.75, 3.05) is 0 Å². The minimum absolute atomic E-state index is 0.0180. The highest BCUT2D eigenvalue weighted by Crippen LogP contribution is 2.43. The number of nitrogens with one attached hydrogen (secondary N) is 1. The molecule has 1 aliphatic rings. The number of thiazole rings is 1. The number of aromatic amines is 1. The first kappa shape index (κ1) is 17.4. The summed E-state index contributed by atoms with van der Waals surface area (Å²) >= 11 is 1.77. The standard InChI is InChI=1S/C24H18N4OS/c29-24(15-6-2-1-3-7-15)28-18-9-5-4-8-17(18)22-19(28)10-11-20-23(22)27-21(30-20)12-16-13-25-14-26-16/h1-9,13-14H,10-12H2,(H,25,26). The molecule has 0 saturated carbocycles. The minimum Gasteiger partial charge on any atom is -0.348 e. The maximum absolute atomic E-state index is 13.5. The third-order valence-corrected chi connectivity index (χ3v) is 6.78. The second kappa shape index (κ2) is 6.78. The fourth-order valence-corrected chi connectivity index (χ4v) is 5.45. The molecule has 5 aromatic rings. The van der Waals surface area contributed by atoms with Gasteiger partial charge in [0.2, 0.25) is 0 Å². The Labute approximate surface area is 177 Å². The first-order chi connectivity index (χ1) is 14.8. The number of H-pyrrole nitrogens is 1. The number of hydrogen-bond acceptors (Lipinski definition) is 4. The average Bonchev–Trinajstić information content (AvgIpc) is 3.50. The molecular weight excluding hydrogens is 392 g/mol. The predicted molar refractivity (Wildman–Crippen MR) is 118 cm³/mol. The van der Waals surface area contributed by atoms with Crippen molar-refractivity contribution in [1.29, 1.82) is 0 Å². The summed E-state index contributed by atoms with van der Waals surface area (Å²) in [5.74, 6) is 0.0180. The Bertz CT molecular complexity index is 1380. The lowest BCUT2D eigenvalue weighted by Gasteiger charge is -2.15. The molecule has 2 aromatic carbocycles. The third kappa shape index (κ3) is 2.64. The summed E-state index contributed by atoms with van der Waals surface area (Å²) in [6.45, 7) is 0. The number of hydrogen-bond donors (Lipinski definition) is 1. The molecule has 0 saturated heterocycles. The van der Waals surface area contributed by atoms with Crippen molar-refractivity contribution in [1.82, 2.24) is 19.5 Å². The molecule has 3 heterocycles. The summed E-state index contributed by atoms with van der Waals surface area (Å²) in [5, 5.41) is 2.17. The quantitative estimate of drug-likeness (QED) is 0.462. The normalized spacial score (nSPS) is 12.7. The van der Waals surface area contributed by atoms with Crippen molar-refractivity contribution in [3.63, 3.8) is 0 Å². The summed E-state index contributed by atoms with van der Waals surface area (Å²) in [5.41, 5.74) is 5.92. The van der Waals surface area contributed by atoms with E-state index in [2.05, 4.69) is 16.0 Å². The van der Waals surface area contributed by atoms with Crippen molar-refractivity contribution in [3.8, 4) is 11.3 Å². The Hall–Kier alpha value is -3.51. The minimum atomic E-state index is 0.0180. The van der Waals surface area contributed by atoms with Gasteiger partial charge in [0, 0.05) is 45.4 Å². The topological polar surface area (TPSA) is 63.6 Å². The maximum atomic E-state index is 13.5. The first-order valence-corrected chi connectivity index (χ1v) is 10.8. The van der Waals surface area contributed by atoms with Crippen LogP contribution in [0.15, 0.2) is 67.1 Å². The number of para-hydroxylation sites is 1. The molecule has 0 fully saturated rings. The lowest BCUT2D eigenvalue weighted by Crippen LogP contribution is -2.17. The number of carbonyl (C=O) groups is 1. The van der Waals surface area contributed by atoms with Gasteiger partial charge < -0.3 is 4.98 Å². The van der Waals surface area contributed by atoms with Crippen molar-refractivity contribution in [2.45, 2.75) is 19.3 Å². The number of imidazole rings is 1. The van der Waals surface area contributed by atoms with E-state index in [1.807, 2.05) is 59.3 Å². The monoisotopic (exact) mass is 410 g/mol. The molecule has 6 heteroatoms. The van der Waals surface area contributed by atoms with E-state index in [1.165, 1.54) is 4.88 Å². The zero-order valence-corrected chi connectivity index (χ0v) is 16.9. The van der Waals surface area contributed by atoms with Crippen LogP contribution >= 0.6 is 11.3 Å². The molecule has 0 amide bonds. The molecule has 146 valence electrons. The van der Waals surface area contributed by atoms with Gasteiger partial charge in [-0.25, -0.2) is 9.97 Å². The molecule has 1 N–H and O–H groups in total. The number of nitrogens with zero attached hydrogens (tertiary/aromatic N) is 3. The van der Waals surface area contributed by atoms with Crippen LogP contribution in [0.1, 0.15) is 31.6 Å². The lowest BCUT2D eigenvalue weighted by molar-refractivity contribution is 0.0962. The summed E-state index contributed by atoms with van der Waals surface area (Å²) in [7, 11) is 0. The number of fused-ring (bicyclic) bond motifs is 5. The van der Waals surface area contributed by atoms with Gasteiger partial charge in [0.25, 0.3) is 5.91 Å². The first-order valence-electron chi connectivity index (χ1n) is 9.98. The third-order valence-electron chi connectivity index (χ3n) is 5.66. The van der Waals surface area contributed by atoms with Gasteiger partial charge in [-0.3, -0.25) is 9.36 Å². The molecule has 0 bridgehead atoms. The van der Waals surface area contributed by atoms with Gasteiger partial charge in [0.05, 0.1) is 22.5 Å². The highest BCUT2D eigenvalue weighted by atomic mass is 32.1. The highest BCUT2D eigenvalue weighted by molar-refractivity contribution is 7.12. The predicted octanol–water partition coefficient (Wildman–Crippen LogP) is 4.87. The van der Waals surface area contributed by atoms with E-state index in [9.17, 15) is 4.79 Å². The van der Waals surface area contributed by atoms with Crippen molar-refractivity contribution in [3.05, 3.63) is 94.0 Å². The van der Waals surface area contributed by atoms with Crippen molar-refractivity contribution >= 4 is 28.1 Å². The van der Waals surface area contributed by atoms with E-state index in [4.69, 9.17) is 4.98 Å². The van der Waals surface area contributed by atoms with Crippen LogP contribution in [-0.2, 0) is 19.3 Å². The molecule has 0 radical (unpaired) electrons. The van der Waals surface area contributed by atoms with Gasteiger partial charge >= 0.3 is 0 Å². The number of rotatable bonds is 3. The van der Waals surface area contributed by atoms with Gasteiger partial charge in [-0.05, 0) is 31.0 Å². The molecule has 0 unspecified atom stereocenters. The van der Waals surface area contributed by atoms with E-state index >= 15 is 0 Å². The smallest absolute Gasteiger partial charge is 0.262 e. The van der Waals surface area contributed by atoms with Crippen LogP contribution in [0.4, 0.5) is 0 Å². The Balaban J connectivity index is 1.53. The van der Waals surface area contributed by atoms with E-state index in [-0.39, 0.29) is 5.91 Å². The van der Waals surface area contributed by atoms with Crippen LogP contribution < -0.4 is 0 Å². The van der Waals surface area contributed by atoms with Crippen LogP contribution in [-0.4, -0.2) is 25.4 Å². The molecule has 1 aliphatic carbocycles. The van der Waals surface area contributed by atoms with Crippen LogP contribution in [0.3, 0.4) is 0 Å². The largest absolute Gasteiger partial charge is 0.348 e. The zero-order valence-electron chi connectivity index (χ0n) is 16.1. The van der Waals surface area contributed by atoms with Gasteiger partial charge in [0.1, 0.15) is 0 Å². The van der Waals surface area contributed by atoms with E-state index in [0.29, 0.717) is 5.56 Å². The number of aryl methyl sites for hydroxylation is 1. The van der Waals surface area contributed by atoms with Crippen LogP contribution in [0.2, 0.25) is 0 Å². The van der Waals surface area contributed by atoms with Crippen LogP contribution in [0, 0.1) is 0 Å². The molecule has 0 aliphatic heterocycles. The summed E-state index contributed by atoms with van der Waals surface area (Å²) in [6, 6.07) is 17.7. The van der Waals surface area contributed by atoms with Gasteiger partial charge in [-0.15, -0.1) is 11.3 Å². The summed E-state index contributed by atoms with van der Waals surface area (Å²) < 4.78 is 1.90. The van der Waals surface area contributed by atoms with E-state index < -0.39 is 0 Å². The number of benzene rings is 2.